The van der Waals surface area contributed by atoms with Crippen LogP contribution in [-0.2, 0) is 33.2 Å². The van der Waals surface area contributed by atoms with Gasteiger partial charge in [0, 0.05) is 28.3 Å². The first kappa shape index (κ1) is 23.2. The average Bonchev–Trinajstić information content (AvgIpc) is 2.69. The molecule has 0 aliphatic carbocycles. The molecule has 2 saturated heterocycles. The summed E-state index contributed by atoms with van der Waals surface area (Å²) in [6.45, 7) is 2.34. The molecule has 10 heteroatoms. The molecule has 0 radical (unpaired) electrons. The summed E-state index contributed by atoms with van der Waals surface area (Å²) in [6, 6.07) is -0.141. The number of likely N-dealkylation sites (tertiary alicyclic amines) is 1. The van der Waals surface area contributed by atoms with Gasteiger partial charge in [-0.1, -0.05) is 0 Å². The number of hydrogen-bond donors (Lipinski definition) is 0. The Hall–Kier alpha value is -0.0700. The molecule has 0 bridgehead atoms. The topological polar surface area (TPSA) is 75.7 Å². The van der Waals surface area contributed by atoms with Crippen LogP contribution in [0.1, 0.15) is 13.3 Å². The van der Waals surface area contributed by atoms with Gasteiger partial charge in [0.2, 0.25) is 5.91 Å². The Morgan fingerprint density at radius 2 is 1.48 bits per heavy atom. The molecule has 2 aliphatic heterocycles. The van der Waals surface area contributed by atoms with Crippen molar-refractivity contribution in [3.05, 3.63) is 0 Å². The SMILES string of the molecule is COCO[C@H]1[C@H](OCOC)[C@H](OCOC)CN(C(C)=O)[C@@H]1C1SCCCS1. The molecule has 0 saturated carbocycles. The molecule has 0 N–H and O–H groups in total. The largest absolute Gasteiger partial charge is 0.359 e. The zero-order chi connectivity index (χ0) is 19.6. The highest BCUT2D eigenvalue weighted by molar-refractivity contribution is 8.17. The Kier molecular flexibility index (Phi) is 10.7. The van der Waals surface area contributed by atoms with Crippen LogP contribution in [-0.4, -0.2) is 99.5 Å². The van der Waals surface area contributed by atoms with Gasteiger partial charge in [-0.3, -0.25) is 4.79 Å². The lowest BCUT2D eigenvalue weighted by Crippen LogP contribution is -2.67. The van der Waals surface area contributed by atoms with E-state index < -0.39 is 12.2 Å². The molecule has 2 rings (SSSR count). The van der Waals surface area contributed by atoms with Crippen molar-refractivity contribution in [1.82, 2.24) is 4.90 Å². The molecule has 158 valence electrons. The molecular weight excluding hydrogens is 394 g/mol. The molecule has 4 atom stereocenters. The summed E-state index contributed by atoms with van der Waals surface area (Å²) < 4.78 is 33.4. The quantitative estimate of drug-likeness (QED) is 0.483. The number of amides is 1. The lowest BCUT2D eigenvalue weighted by molar-refractivity contribution is -0.240. The lowest BCUT2D eigenvalue weighted by atomic mass is 9.94. The minimum Gasteiger partial charge on any atom is -0.359 e. The third-order valence-electron chi connectivity index (χ3n) is 4.46. The van der Waals surface area contributed by atoms with Crippen LogP contribution in [0.3, 0.4) is 0 Å². The van der Waals surface area contributed by atoms with Crippen LogP contribution < -0.4 is 0 Å². The number of hydrogen-bond acceptors (Lipinski definition) is 9. The molecule has 0 aromatic rings. The monoisotopic (exact) mass is 425 g/mol. The van der Waals surface area contributed by atoms with Gasteiger partial charge in [0.25, 0.3) is 0 Å². The van der Waals surface area contributed by atoms with E-state index in [4.69, 9.17) is 28.4 Å². The van der Waals surface area contributed by atoms with E-state index in [-0.39, 0.29) is 43.0 Å². The molecule has 0 spiro atoms. The van der Waals surface area contributed by atoms with Gasteiger partial charge in [-0.2, -0.15) is 0 Å². The van der Waals surface area contributed by atoms with Gasteiger partial charge in [-0.15, -0.1) is 23.5 Å². The lowest BCUT2D eigenvalue weighted by Gasteiger charge is -2.50. The van der Waals surface area contributed by atoms with Crippen LogP contribution >= 0.6 is 23.5 Å². The van der Waals surface area contributed by atoms with E-state index in [2.05, 4.69) is 0 Å². The maximum absolute atomic E-state index is 12.5. The highest BCUT2D eigenvalue weighted by Gasteiger charge is 2.50. The zero-order valence-corrected chi connectivity index (χ0v) is 18.1. The van der Waals surface area contributed by atoms with Gasteiger partial charge >= 0.3 is 0 Å². The Morgan fingerprint density at radius 3 is 2.04 bits per heavy atom. The maximum Gasteiger partial charge on any atom is 0.219 e. The van der Waals surface area contributed by atoms with Crippen molar-refractivity contribution in [2.75, 3.05) is 59.8 Å². The Balaban J connectivity index is 2.30. The number of nitrogens with zero attached hydrogens (tertiary/aromatic N) is 1. The van der Waals surface area contributed by atoms with Crippen molar-refractivity contribution in [3.63, 3.8) is 0 Å². The second-order valence-corrected chi connectivity index (χ2v) is 9.11. The number of ether oxygens (including phenoxy) is 6. The molecule has 2 aliphatic rings. The van der Waals surface area contributed by atoms with Crippen molar-refractivity contribution in [2.24, 2.45) is 0 Å². The fraction of sp³-hybridized carbons (Fsp3) is 0.941. The number of piperidine rings is 1. The van der Waals surface area contributed by atoms with Crippen LogP contribution in [0.5, 0.6) is 0 Å². The third kappa shape index (κ3) is 6.46. The second kappa shape index (κ2) is 12.5. The van der Waals surface area contributed by atoms with Gasteiger partial charge in [0.05, 0.1) is 17.2 Å². The Labute approximate surface area is 169 Å². The second-order valence-electron chi connectivity index (χ2n) is 6.31. The number of carbonyl (C=O) groups excluding carboxylic acids is 1. The van der Waals surface area contributed by atoms with E-state index in [1.165, 1.54) is 6.42 Å². The third-order valence-corrected chi connectivity index (χ3v) is 7.54. The fourth-order valence-corrected chi connectivity index (χ4v) is 6.57. The Morgan fingerprint density at radius 1 is 0.926 bits per heavy atom. The van der Waals surface area contributed by atoms with Crippen molar-refractivity contribution in [1.29, 1.82) is 0 Å². The van der Waals surface area contributed by atoms with Gasteiger partial charge < -0.3 is 33.3 Å². The number of methoxy groups -OCH3 is 3. The van der Waals surface area contributed by atoms with Gasteiger partial charge in [-0.25, -0.2) is 0 Å². The fourth-order valence-electron chi connectivity index (χ4n) is 3.34. The van der Waals surface area contributed by atoms with Crippen LogP contribution in [0.15, 0.2) is 0 Å². The number of rotatable bonds is 10. The predicted molar refractivity (Wildman–Crippen MR) is 105 cm³/mol. The van der Waals surface area contributed by atoms with Crippen molar-refractivity contribution < 1.29 is 33.2 Å². The van der Waals surface area contributed by atoms with Gasteiger partial charge in [-0.05, 0) is 17.9 Å². The van der Waals surface area contributed by atoms with Crippen LogP contribution in [0.4, 0.5) is 0 Å². The van der Waals surface area contributed by atoms with Crippen LogP contribution in [0.25, 0.3) is 0 Å². The molecular formula is C17H31NO7S2. The maximum atomic E-state index is 12.5. The van der Waals surface area contributed by atoms with E-state index in [9.17, 15) is 4.79 Å². The normalized spacial score (nSPS) is 29.9. The number of thioether (sulfide) groups is 2. The van der Waals surface area contributed by atoms with E-state index in [0.717, 1.165) is 11.5 Å². The summed E-state index contributed by atoms with van der Waals surface area (Å²) in [6.07, 6.45) is -0.0202. The number of carbonyl (C=O) groups is 1. The molecule has 2 heterocycles. The van der Waals surface area contributed by atoms with E-state index in [1.807, 2.05) is 28.4 Å². The highest BCUT2D eigenvalue weighted by Crippen LogP contribution is 2.40. The van der Waals surface area contributed by atoms with Crippen LogP contribution in [0.2, 0.25) is 0 Å². The summed E-state index contributed by atoms with van der Waals surface area (Å²) in [5, 5.41) is 0. The van der Waals surface area contributed by atoms with E-state index in [1.54, 1.807) is 28.3 Å². The molecule has 2 fully saturated rings. The highest BCUT2D eigenvalue weighted by atomic mass is 32.2. The first-order chi connectivity index (χ1) is 13.1. The summed E-state index contributed by atoms with van der Waals surface area (Å²) in [4.78, 5) is 14.3. The minimum absolute atomic E-state index is 0.00556. The summed E-state index contributed by atoms with van der Waals surface area (Å²) in [5.74, 6) is 2.14. The molecule has 0 unspecified atom stereocenters. The van der Waals surface area contributed by atoms with Crippen molar-refractivity contribution in [3.8, 4) is 0 Å². The molecule has 8 nitrogen and oxygen atoms in total. The zero-order valence-electron chi connectivity index (χ0n) is 16.5. The summed E-state index contributed by atoms with van der Waals surface area (Å²) >= 11 is 3.74. The first-order valence-corrected chi connectivity index (χ1v) is 11.1. The van der Waals surface area contributed by atoms with Crippen molar-refractivity contribution >= 4 is 29.4 Å². The predicted octanol–water partition coefficient (Wildman–Crippen LogP) is 1.38. The van der Waals surface area contributed by atoms with E-state index in [0.29, 0.717) is 6.54 Å². The standard InChI is InChI=1S/C17H31NO7S2/c1-12(19)18-8-13(23-9-20-2)15(24-10-21-3)16(25-11-22-4)14(18)17-26-6-5-7-27-17/h13-17H,5-11H2,1-4H3/t13-,14+,15-,16-/m1/s1. The first-order valence-electron chi connectivity index (χ1n) is 8.96. The Bertz CT molecular complexity index is 440. The van der Waals surface area contributed by atoms with Gasteiger partial charge in [0.1, 0.15) is 38.7 Å². The molecule has 0 aromatic heterocycles. The van der Waals surface area contributed by atoms with Crippen LogP contribution in [0, 0.1) is 0 Å². The molecule has 1 amide bonds. The molecule has 0 aromatic carbocycles. The van der Waals surface area contributed by atoms with E-state index >= 15 is 0 Å². The molecule has 27 heavy (non-hydrogen) atoms. The van der Waals surface area contributed by atoms with Gasteiger partial charge in [0.15, 0.2) is 0 Å². The smallest absolute Gasteiger partial charge is 0.219 e. The average molecular weight is 426 g/mol. The summed E-state index contributed by atoms with van der Waals surface area (Å²) in [7, 11) is 4.72. The van der Waals surface area contributed by atoms with Crippen molar-refractivity contribution in [2.45, 2.75) is 42.3 Å². The minimum atomic E-state index is -0.404. The summed E-state index contributed by atoms with van der Waals surface area (Å²) in [5.41, 5.74) is 0.